The van der Waals surface area contributed by atoms with Crippen molar-refractivity contribution in [3.05, 3.63) is 64.1 Å². The number of hydrogen-bond donors (Lipinski definition) is 2. The monoisotopic (exact) mass is 369 g/mol. The van der Waals surface area contributed by atoms with Crippen LogP contribution < -0.4 is 15.6 Å². The summed E-state index contributed by atoms with van der Waals surface area (Å²) in [5.41, 5.74) is 1.07. The van der Waals surface area contributed by atoms with Crippen molar-refractivity contribution in [2.24, 2.45) is 0 Å². The molecule has 7 nitrogen and oxygen atoms in total. The Bertz CT molecular complexity index is 857. The van der Waals surface area contributed by atoms with Gasteiger partial charge in [0.2, 0.25) is 11.5 Å². The first-order chi connectivity index (χ1) is 13.1. The van der Waals surface area contributed by atoms with Gasteiger partial charge in [-0.1, -0.05) is 18.2 Å². The second-order valence-electron chi connectivity index (χ2n) is 6.36. The molecule has 1 atom stereocenters. The largest absolute Gasteiger partial charge is 0.493 e. The van der Waals surface area contributed by atoms with E-state index < -0.39 is 6.04 Å². The molecular formula is C20H23N3O4. The molecule has 0 aliphatic carbocycles. The van der Waals surface area contributed by atoms with Crippen molar-refractivity contribution in [2.75, 3.05) is 13.2 Å². The van der Waals surface area contributed by atoms with Crippen LogP contribution in [0, 0.1) is 0 Å². The lowest BCUT2D eigenvalue weighted by molar-refractivity contribution is -0.125. The van der Waals surface area contributed by atoms with E-state index in [1.807, 2.05) is 13.0 Å². The Labute approximate surface area is 157 Å². The van der Waals surface area contributed by atoms with E-state index in [0.29, 0.717) is 37.4 Å². The summed E-state index contributed by atoms with van der Waals surface area (Å²) < 4.78 is 5.55. The molecule has 2 N–H and O–H groups in total. The van der Waals surface area contributed by atoms with Crippen LogP contribution in [0.3, 0.4) is 0 Å². The zero-order valence-electron chi connectivity index (χ0n) is 15.2. The summed E-state index contributed by atoms with van der Waals surface area (Å²) in [4.78, 5) is 40.9. The lowest BCUT2D eigenvalue weighted by atomic mass is 10.1. The standard InChI is InChI=1S/C20H23N3O4/c1-2-27-17-8-4-3-6-15(17)20(26)23-11-5-7-16(23)19(25)22-13-14-9-10-18(24)21-12-14/h3-4,6,8-10,12,16H,2,5,7,11,13H2,1H3,(H,21,24)(H,22,25). The highest BCUT2D eigenvalue weighted by molar-refractivity contribution is 6.00. The van der Waals surface area contributed by atoms with Gasteiger partial charge in [-0.3, -0.25) is 14.4 Å². The Kier molecular flexibility index (Phi) is 5.90. The molecule has 1 aromatic carbocycles. The van der Waals surface area contributed by atoms with Gasteiger partial charge in [-0.25, -0.2) is 0 Å². The van der Waals surface area contributed by atoms with E-state index >= 15 is 0 Å². The van der Waals surface area contributed by atoms with E-state index in [1.165, 1.54) is 6.07 Å². The van der Waals surface area contributed by atoms with E-state index in [1.54, 1.807) is 35.4 Å². The normalized spacial score (nSPS) is 16.2. The van der Waals surface area contributed by atoms with Gasteiger partial charge in [0.05, 0.1) is 12.2 Å². The molecule has 1 fully saturated rings. The number of ether oxygens (including phenoxy) is 1. The Hall–Kier alpha value is -3.09. The van der Waals surface area contributed by atoms with Gasteiger partial charge in [-0.05, 0) is 37.5 Å². The van der Waals surface area contributed by atoms with Crippen LogP contribution >= 0.6 is 0 Å². The van der Waals surface area contributed by atoms with Gasteiger partial charge in [-0.15, -0.1) is 0 Å². The van der Waals surface area contributed by atoms with Crippen LogP contribution in [-0.2, 0) is 11.3 Å². The Morgan fingerprint density at radius 1 is 1.26 bits per heavy atom. The topological polar surface area (TPSA) is 91.5 Å². The van der Waals surface area contributed by atoms with Crippen molar-refractivity contribution in [1.82, 2.24) is 15.2 Å². The third kappa shape index (κ3) is 4.36. The van der Waals surface area contributed by atoms with Crippen LogP contribution in [0.15, 0.2) is 47.4 Å². The summed E-state index contributed by atoms with van der Waals surface area (Å²) >= 11 is 0. The number of aromatic amines is 1. The highest BCUT2D eigenvalue weighted by Gasteiger charge is 2.35. The van der Waals surface area contributed by atoms with Crippen molar-refractivity contribution < 1.29 is 14.3 Å². The number of H-pyrrole nitrogens is 1. The number of carbonyl (C=O) groups is 2. The fraction of sp³-hybridized carbons (Fsp3) is 0.350. The number of pyridine rings is 1. The number of likely N-dealkylation sites (tertiary alicyclic amines) is 1. The molecule has 0 spiro atoms. The zero-order valence-corrected chi connectivity index (χ0v) is 15.2. The molecule has 1 saturated heterocycles. The third-order valence-corrected chi connectivity index (χ3v) is 4.55. The fourth-order valence-electron chi connectivity index (χ4n) is 3.22. The first-order valence-electron chi connectivity index (χ1n) is 9.08. The van der Waals surface area contributed by atoms with Crippen molar-refractivity contribution >= 4 is 11.8 Å². The molecule has 1 unspecified atom stereocenters. The number of carbonyl (C=O) groups excluding carboxylic acids is 2. The molecule has 1 aromatic heterocycles. The maximum absolute atomic E-state index is 13.0. The van der Waals surface area contributed by atoms with E-state index in [4.69, 9.17) is 4.74 Å². The Morgan fingerprint density at radius 2 is 2.07 bits per heavy atom. The van der Waals surface area contributed by atoms with Crippen LogP contribution in [-0.4, -0.2) is 40.9 Å². The maximum Gasteiger partial charge on any atom is 0.258 e. The summed E-state index contributed by atoms with van der Waals surface area (Å²) in [7, 11) is 0. The van der Waals surface area contributed by atoms with E-state index in [0.717, 1.165) is 12.0 Å². The lowest BCUT2D eigenvalue weighted by Crippen LogP contribution is -2.45. The quantitative estimate of drug-likeness (QED) is 0.811. The van der Waals surface area contributed by atoms with Gasteiger partial charge in [0.25, 0.3) is 5.91 Å². The molecule has 7 heteroatoms. The molecule has 0 bridgehead atoms. The Balaban J connectivity index is 1.69. The molecular weight excluding hydrogens is 346 g/mol. The van der Waals surface area contributed by atoms with Gasteiger partial charge < -0.3 is 19.9 Å². The third-order valence-electron chi connectivity index (χ3n) is 4.55. The number of para-hydroxylation sites is 1. The van der Waals surface area contributed by atoms with E-state index in [-0.39, 0.29) is 17.4 Å². The SMILES string of the molecule is CCOc1ccccc1C(=O)N1CCCC1C(=O)NCc1ccc(=O)[nH]c1. The molecule has 0 saturated carbocycles. The molecule has 1 aliphatic rings. The minimum Gasteiger partial charge on any atom is -0.493 e. The maximum atomic E-state index is 13.0. The summed E-state index contributed by atoms with van der Waals surface area (Å²) in [6.45, 7) is 3.16. The number of hydrogen-bond acceptors (Lipinski definition) is 4. The van der Waals surface area contributed by atoms with Gasteiger partial charge >= 0.3 is 0 Å². The number of amides is 2. The number of aromatic nitrogens is 1. The van der Waals surface area contributed by atoms with Crippen LogP contribution in [0.1, 0.15) is 35.7 Å². The highest BCUT2D eigenvalue weighted by Crippen LogP contribution is 2.25. The van der Waals surface area contributed by atoms with Crippen molar-refractivity contribution in [3.8, 4) is 5.75 Å². The summed E-state index contributed by atoms with van der Waals surface area (Å²) in [5, 5.41) is 2.85. The summed E-state index contributed by atoms with van der Waals surface area (Å²) in [5.74, 6) is 0.144. The smallest absolute Gasteiger partial charge is 0.258 e. The fourth-order valence-corrected chi connectivity index (χ4v) is 3.22. The molecule has 2 amide bonds. The van der Waals surface area contributed by atoms with Crippen LogP contribution in [0.5, 0.6) is 5.75 Å². The predicted molar refractivity (Wildman–Crippen MR) is 101 cm³/mol. The molecule has 27 heavy (non-hydrogen) atoms. The minimum absolute atomic E-state index is 0.189. The number of benzene rings is 1. The molecule has 2 aromatic rings. The van der Waals surface area contributed by atoms with Crippen LogP contribution in [0.25, 0.3) is 0 Å². The lowest BCUT2D eigenvalue weighted by Gasteiger charge is -2.25. The molecule has 2 heterocycles. The highest BCUT2D eigenvalue weighted by atomic mass is 16.5. The van der Waals surface area contributed by atoms with Crippen molar-refractivity contribution in [2.45, 2.75) is 32.4 Å². The summed E-state index contributed by atoms with van der Waals surface area (Å²) in [6, 6.07) is 9.66. The van der Waals surface area contributed by atoms with E-state index in [2.05, 4.69) is 10.3 Å². The first-order valence-corrected chi connectivity index (χ1v) is 9.08. The van der Waals surface area contributed by atoms with Crippen LogP contribution in [0.4, 0.5) is 0 Å². The second-order valence-corrected chi connectivity index (χ2v) is 6.36. The summed E-state index contributed by atoms with van der Waals surface area (Å²) in [6.07, 6.45) is 2.97. The van der Waals surface area contributed by atoms with Gasteiger partial charge in [0.15, 0.2) is 0 Å². The zero-order chi connectivity index (χ0) is 19.2. The number of nitrogens with one attached hydrogen (secondary N) is 2. The predicted octanol–water partition coefficient (Wildman–Crippen LogP) is 1.69. The first kappa shape index (κ1) is 18.7. The minimum atomic E-state index is -0.505. The Morgan fingerprint density at radius 3 is 2.81 bits per heavy atom. The molecule has 0 radical (unpaired) electrons. The number of nitrogens with zero attached hydrogens (tertiary/aromatic N) is 1. The molecule has 1 aliphatic heterocycles. The van der Waals surface area contributed by atoms with E-state index in [9.17, 15) is 14.4 Å². The average Bonchev–Trinajstić information content (AvgIpc) is 3.17. The average molecular weight is 369 g/mol. The van der Waals surface area contributed by atoms with Crippen molar-refractivity contribution in [3.63, 3.8) is 0 Å². The molecule has 142 valence electrons. The van der Waals surface area contributed by atoms with Gasteiger partial charge in [0.1, 0.15) is 11.8 Å². The number of rotatable bonds is 6. The van der Waals surface area contributed by atoms with Gasteiger partial charge in [-0.2, -0.15) is 0 Å². The van der Waals surface area contributed by atoms with Gasteiger partial charge in [0, 0.05) is 25.4 Å². The molecule has 3 rings (SSSR count). The van der Waals surface area contributed by atoms with Crippen molar-refractivity contribution in [1.29, 1.82) is 0 Å². The second kappa shape index (κ2) is 8.53. The van der Waals surface area contributed by atoms with Crippen LogP contribution in [0.2, 0.25) is 0 Å².